The van der Waals surface area contributed by atoms with Crippen LogP contribution in [0.25, 0.3) is 39.1 Å². The van der Waals surface area contributed by atoms with Gasteiger partial charge in [0.2, 0.25) is 5.82 Å². The van der Waals surface area contributed by atoms with E-state index in [1.165, 1.54) is 4.68 Å². The Morgan fingerprint density at radius 3 is 2.53 bits per heavy atom. The average molecular weight is 541 g/mol. The van der Waals surface area contributed by atoms with E-state index in [0.717, 1.165) is 33.6 Å². The number of furan rings is 1. The largest absolute Gasteiger partial charge is 0.453 e. The Hall–Kier alpha value is -4.13. The highest BCUT2D eigenvalue weighted by atomic mass is 35.5. The summed E-state index contributed by atoms with van der Waals surface area (Å²) in [7, 11) is 0. The lowest BCUT2D eigenvalue weighted by molar-refractivity contribution is 0.616. The number of halogens is 2. The topological polar surface area (TPSA) is 65.3 Å². The summed E-state index contributed by atoms with van der Waals surface area (Å²) in [6.45, 7) is 6.09. The molecule has 6 rings (SSSR count). The van der Waals surface area contributed by atoms with Crippen molar-refractivity contribution in [2.45, 2.75) is 20.8 Å². The van der Waals surface area contributed by atoms with Crippen molar-refractivity contribution in [3.8, 4) is 17.3 Å². The van der Waals surface area contributed by atoms with E-state index in [4.69, 9.17) is 32.6 Å². The Bertz CT molecular complexity index is 1960. The molecule has 0 bridgehead atoms. The molecule has 0 aliphatic heterocycles. The van der Waals surface area contributed by atoms with Crippen molar-refractivity contribution in [3.05, 3.63) is 116 Å². The van der Waals surface area contributed by atoms with Gasteiger partial charge in [0.1, 0.15) is 5.58 Å². The maximum Gasteiger partial charge on any atom is 0.282 e. The van der Waals surface area contributed by atoms with Gasteiger partial charge in [0.25, 0.3) is 5.56 Å². The minimum absolute atomic E-state index is 0.292. The van der Waals surface area contributed by atoms with Crippen LogP contribution < -0.4 is 5.56 Å². The van der Waals surface area contributed by atoms with Crippen LogP contribution in [0.4, 0.5) is 0 Å². The zero-order chi connectivity index (χ0) is 26.6. The van der Waals surface area contributed by atoms with E-state index in [2.05, 4.69) is 9.67 Å². The second kappa shape index (κ2) is 9.31. The molecule has 0 aliphatic rings. The molecule has 6 nitrogen and oxygen atoms in total. The fourth-order valence-corrected chi connectivity index (χ4v) is 5.09. The first-order valence-electron chi connectivity index (χ1n) is 12.0. The smallest absolute Gasteiger partial charge is 0.282 e. The third kappa shape index (κ3) is 4.12. The molecule has 3 aromatic heterocycles. The highest BCUT2D eigenvalue weighted by molar-refractivity contribution is 6.31. The standard InChI is InChI=1S/C30H22Cl2N4O2/c1-17-8-9-23(32)15-26(17)35-18(2)12-21(19(35)3)16-33-36-29(34-25-7-5-4-6-24(25)30(36)37)28-14-20-13-22(31)10-11-27(20)38-28/h4-16H,1-3H3. The molecule has 6 aromatic rings. The van der Waals surface area contributed by atoms with Crippen LogP contribution in [0.1, 0.15) is 22.5 Å². The van der Waals surface area contributed by atoms with Crippen LogP contribution >= 0.6 is 23.2 Å². The lowest BCUT2D eigenvalue weighted by Crippen LogP contribution is -2.20. The molecule has 38 heavy (non-hydrogen) atoms. The fraction of sp³-hybridized carbons (Fsp3) is 0.100. The number of hydrogen-bond acceptors (Lipinski definition) is 4. The third-order valence-corrected chi connectivity index (χ3v) is 7.12. The van der Waals surface area contributed by atoms with Crippen molar-refractivity contribution in [1.82, 2.24) is 14.2 Å². The fourth-order valence-electron chi connectivity index (χ4n) is 4.75. The highest BCUT2D eigenvalue weighted by Gasteiger charge is 2.17. The maximum atomic E-state index is 13.6. The van der Waals surface area contributed by atoms with Gasteiger partial charge in [0.05, 0.1) is 17.1 Å². The van der Waals surface area contributed by atoms with Crippen molar-refractivity contribution in [1.29, 1.82) is 0 Å². The van der Waals surface area contributed by atoms with Crippen molar-refractivity contribution in [2.75, 3.05) is 0 Å². The van der Waals surface area contributed by atoms with E-state index in [1.807, 2.05) is 69.3 Å². The Balaban J connectivity index is 1.52. The normalized spacial score (nSPS) is 11.8. The molecule has 188 valence electrons. The van der Waals surface area contributed by atoms with E-state index in [0.29, 0.717) is 38.1 Å². The summed E-state index contributed by atoms with van der Waals surface area (Å²) in [5.41, 5.74) is 5.87. The molecule has 0 saturated carbocycles. The number of hydrogen-bond donors (Lipinski definition) is 0. The van der Waals surface area contributed by atoms with Gasteiger partial charge < -0.3 is 8.98 Å². The van der Waals surface area contributed by atoms with Crippen LogP contribution in [0.15, 0.2) is 87.1 Å². The number of para-hydroxylation sites is 1. The van der Waals surface area contributed by atoms with Crippen LogP contribution in [0.2, 0.25) is 10.0 Å². The van der Waals surface area contributed by atoms with Crippen molar-refractivity contribution in [2.24, 2.45) is 5.10 Å². The number of aromatic nitrogens is 3. The molecule has 3 heterocycles. The van der Waals surface area contributed by atoms with Crippen molar-refractivity contribution < 1.29 is 4.42 Å². The monoisotopic (exact) mass is 540 g/mol. The van der Waals surface area contributed by atoms with Crippen LogP contribution in [-0.4, -0.2) is 20.4 Å². The van der Waals surface area contributed by atoms with Crippen LogP contribution in [0.5, 0.6) is 0 Å². The molecular formula is C30H22Cl2N4O2. The molecule has 0 amide bonds. The number of aryl methyl sites for hydroxylation is 2. The maximum absolute atomic E-state index is 13.6. The van der Waals surface area contributed by atoms with E-state index in [9.17, 15) is 4.79 Å². The van der Waals surface area contributed by atoms with E-state index in [1.54, 1.807) is 30.5 Å². The quantitative estimate of drug-likeness (QED) is 0.215. The van der Waals surface area contributed by atoms with Gasteiger partial charge in [-0.2, -0.15) is 9.78 Å². The lowest BCUT2D eigenvalue weighted by atomic mass is 10.2. The molecule has 0 spiro atoms. The van der Waals surface area contributed by atoms with Gasteiger partial charge in [0.15, 0.2) is 5.76 Å². The summed E-state index contributed by atoms with van der Waals surface area (Å²) in [5.74, 6) is 0.721. The summed E-state index contributed by atoms with van der Waals surface area (Å²) < 4.78 is 9.49. The summed E-state index contributed by atoms with van der Waals surface area (Å²) in [4.78, 5) is 18.4. The summed E-state index contributed by atoms with van der Waals surface area (Å²) in [6, 6.07) is 22.2. The molecule has 0 N–H and O–H groups in total. The molecule has 3 aromatic carbocycles. The van der Waals surface area contributed by atoms with Crippen LogP contribution in [0, 0.1) is 20.8 Å². The van der Waals surface area contributed by atoms with Gasteiger partial charge in [-0.1, -0.05) is 41.4 Å². The zero-order valence-corrected chi connectivity index (χ0v) is 22.4. The molecule has 0 radical (unpaired) electrons. The van der Waals surface area contributed by atoms with Gasteiger partial charge in [-0.3, -0.25) is 4.79 Å². The van der Waals surface area contributed by atoms with Crippen molar-refractivity contribution >= 4 is 51.3 Å². The first-order valence-corrected chi connectivity index (χ1v) is 12.8. The molecule has 8 heteroatoms. The minimum atomic E-state index is -0.292. The SMILES string of the molecule is Cc1ccc(Cl)cc1-n1c(C)cc(C=Nn2c(-c3cc4cc(Cl)ccc4o3)nc3ccccc3c2=O)c1C. The van der Waals surface area contributed by atoms with Gasteiger partial charge in [-0.05, 0) is 80.9 Å². The van der Waals surface area contributed by atoms with Crippen molar-refractivity contribution in [3.63, 3.8) is 0 Å². The molecule has 0 saturated heterocycles. The zero-order valence-electron chi connectivity index (χ0n) is 20.9. The molecular weight excluding hydrogens is 519 g/mol. The summed E-state index contributed by atoms with van der Waals surface area (Å²) in [6.07, 6.45) is 1.68. The first-order chi connectivity index (χ1) is 18.3. The molecule has 0 atom stereocenters. The van der Waals surface area contributed by atoms with E-state index < -0.39 is 0 Å². The minimum Gasteiger partial charge on any atom is -0.453 e. The van der Waals surface area contributed by atoms with Gasteiger partial charge >= 0.3 is 0 Å². The number of nitrogens with zero attached hydrogens (tertiary/aromatic N) is 4. The Labute approximate surface area is 228 Å². The van der Waals surface area contributed by atoms with E-state index >= 15 is 0 Å². The Morgan fingerprint density at radius 1 is 0.921 bits per heavy atom. The lowest BCUT2D eigenvalue weighted by Gasteiger charge is -2.13. The number of benzene rings is 3. The second-order valence-corrected chi connectivity index (χ2v) is 10.1. The summed E-state index contributed by atoms with van der Waals surface area (Å²) >= 11 is 12.5. The Kier molecular flexibility index (Phi) is 5.94. The van der Waals surface area contributed by atoms with Crippen LogP contribution in [-0.2, 0) is 0 Å². The van der Waals surface area contributed by atoms with Crippen LogP contribution in [0.3, 0.4) is 0 Å². The molecule has 0 fully saturated rings. The molecule has 0 aliphatic carbocycles. The number of fused-ring (bicyclic) bond motifs is 2. The highest BCUT2D eigenvalue weighted by Crippen LogP contribution is 2.29. The third-order valence-electron chi connectivity index (χ3n) is 6.65. The summed E-state index contributed by atoms with van der Waals surface area (Å²) in [5, 5.41) is 7.17. The first kappa shape index (κ1) is 24.2. The molecule has 0 unspecified atom stereocenters. The number of rotatable bonds is 4. The predicted octanol–water partition coefficient (Wildman–Crippen LogP) is 7.71. The van der Waals surface area contributed by atoms with Gasteiger partial charge in [-0.25, -0.2) is 4.98 Å². The second-order valence-electron chi connectivity index (χ2n) is 9.20. The average Bonchev–Trinajstić information content (AvgIpc) is 3.44. The van der Waals surface area contributed by atoms with Gasteiger partial charge in [-0.15, -0.1) is 0 Å². The van der Waals surface area contributed by atoms with E-state index in [-0.39, 0.29) is 5.56 Å². The Morgan fingerprint density at radius 2 is 1.68 bits per heavy atom. The van der Waals surface area contributed by atoms with Gasteiger partial charge in [0, 0.05) is 38.1 Å². The predicted molar refractivity (Wildman–Crippen MR) is 154 cm³/mol.